The number of amides is 1. The maximum absolute atomic E-state index is 13.9. The van der Waals surface area contributed by atoms with E-state index in [1.54, 1.807) is 17.8 Å². The van der Waals surface area contributed by atoms with Crippen molar-refractivity contribution in [1.29, 1.82) is 5.41 Å². The van der Waals surface area contributed by atoms with Crippen LogP contribution < -0.4 is 16.8 Å². The van der Waals surface area contributed by atoms with Gasteiger partial charge in [-0.1, -0.05) is 43.0 Å². The summed E-state index contributed by atoms with van der Waals surface area (Å²) in [4.78, 5) is 13.0. The monoisotopic (exact) mass is 625 g/mol. The number of allylic oxidation sites excluding steroid dienone is 3. The van der Waals surface area contributed by atoms with Crippen LogP contribution in [0.5, 0.6) is 0 Å². The van der Waals surface area contributed by atoms with Crippen LogP contribution in [0, 0.1) is 11.2 Å². The minimum absolute atomic E-state index is 0.184. The number of nitrogens with zero attached hydrogens (tertiary/aromatic N) is 3. The number of primary amides is 1. The minimum atomic E-state index is -0.444. The van der Waals surface area contributed by atoms with E-state index >= 15 is 0 Å². The van der Waals surface area contributed by atoms with Gasteiger partial charge in [0.15, 0.2) is 0 Å². The number of hydrogen-bond acceptors (Lipinski definition) is 7. The third-order valence-electron chi connectivity index (χ3n) is 7.12. The molecule has 4 rings (SSSR count). The number of hydrogen-bond donors (Lipinski definition) is 4. The number of ether oxygens (including phenoxy) is 2. The molecule has 2 heterocycles. The van der Waals surface area contributed by atoms with Gasteiger partial charge in [-0.15, -0.1) is 0 Å². The van der Waals surface area contributed by atoms with Crippen LogP contribution in [0.4, 0.5) is 15.8 Å². The van der Waals surface area contributed by atoms with Gasteiger partial charge >= 0.3 is 0 Å². The Morgan fingerprint density at radius 1 is 1.25 bits per heavy atom. The van der Waals surface area contributed by atoms with Crippen molar-refractivity contribution in [3.05, 3.63) is 76.4 Å². The number of carbonyl (C=O) groups excluding carboxylic acids is 1. The normalized spacial score (nSPS) is 14.7. The average molecular weight is 626 g/mol. The van der Waals surface area contributed by atoms with Gasteiger partial charge in [-0.2, -0.15) is 5.10 Å². The lowest BCUT2D eigenvalue weighted by Crippen LogP contribution is -2.25. The Labute approximate surface area is 262 Å². The third kappa shape index (κ3) is 9.73. The van der Waals surface area contributed by atoms with Crippen molar-refractivity contribution in [2.45, 2.75) is 51.5 Å². The van der Waals surface area contributed by atoms with Crippen molar-refractivity contribution in [2.75, 3.05) is 32.2 Å². The lowest BCUT2D eigenvalue weighted by Gasteiger charge is -2.25. The van der Waals surface area contributed by atoms with Gasteiger partial charge in [-0.05, 0) is 50.0 Å². The third-order valence-corrected chi connectivity index (χ3v) is 7.44. The fourth-order valence-corrected chi connectivity index (χ4v) is 5.09. The molecule has 0 aliphatic heterocycles. The van der Waals surface area contributed by atoms with Gasteiger partial charge in [0.1, 0.15) is 11.7 Å². The van der Waals surface area contributed by atoms with E-state index in [0.717, 1.165) is 60.0 Å². The molecule has 1 aliphatic rings. The topological polar surface area (TPSA) is 153 Å². The lowest BCUT2D eigenvalue weighted by atomic mass is 9.95. The zero-order chi connectivity index (χ0) is 31.9. The molecule has 6 N–H and O–H groups in total. The van der Waals surface area contributed by atoms with Crippen molar-refractivity contribution in [3.8, 4) is 0 Å². The molecule has 0 bridgehead atoms. The fraction of sp³-hybridized carbons (Fsp3) is 0.375. The van der Waals surface area contributed by atoms with Crippen LogP contribution in [0.3, 0.4) is 0 Å². The van der Waals surface area contributed by atoms with Gasteiger partial charge in [-0.25, -0.2) is 13.9 Å². The Balaban J connectivity index is 0.00000169. The summed E-state index contributed by atoms with van der Waals surface area (Å²) in [5.74, 6) is -0.261. The lowest BCUT2D eigenvalue weighted by molar-refractivity contribution is -0.106. The average Bonchev–Trinajstić information content (AvgIpc) is 3.44. The van der Waals surface area contributed by atoms with Gasteiger partial charge in [0.05, 0.1) is 53.5 Å². The zero-order valence-electron chi connectivity index (χ0n) is 25.2. The highest BCUT2D eigenvalue weighted by Crippen LogP contribution is 2.32. The number of halogens is 2. The standard InChI is InChI=1S/C31H38ClFN6O2.CH3NO/c1-21(8-6-7-13-41-15-14-40-2)25(18-34)22-16-29-30(37-24-9-4-3-5-10-24)26(19-36-39(29)20-22)31(35)38-28-17-23(33)11-12-27(28)32;2-1-3/h6,8,11-12,16-20,24,34,37H,3-5,7,9-10,13-15H2,1-2H3,(H2,35,38);1H,(H2,2,3)/b8-6+,25-21+,34-18?;. The van der Waals surface area contributed by atoms with Gasteiger partial charge in [0, 0.05) is 42.8 Å². The fourth-order valence-electron chi connectivity index (χ4n) is 4.93. The highest BCUT2D eigenvalue weighted by atomic mass is 35.5. The van der Waals surface area contributed by atoms with E-state index in [1.807, 2.05) is 31.3 Å². The van der Waals surface area contributed by atoms with E-state index in [0.29, 0.717) is 30.4 Å². The molecular formula is C32H41ClFN7O3. The van der Waals surface area contributed by atoms with E-state index < -0.39 is 5.82 Å². The number of amidine groups is 1. The number of carbonyl (C=O) groups is 1. The molecule has 0 atom stereocenters. The summed E-state index contributed by atoms with van der Waals surface area (Å²) in [6.07, 6.45) is 15.7. The van der Waals surface area contributed by atoms with Gasteiger partial charge in [-0.3, -0.25) is 4.79 Å². The maximum Gasteiger partial charge on any atom is 0.204 e. The second-order valence-corrected chi connectivity index (χ2v) is 10.6. The predicted octanol–water partition coefficient (Wildman–Crippen LogP) is 6.04. The summed E-state index contributed by atoms with van der Waals surface area (Å²) in [5.41, 5.74) is 15.7. The minimum Gasteiger partial charge on any atom is -0.383 e. The first-order valence-corrected chi connectivity index (χ1v) is 14.9. The number of methoxy groups -OCH3 is 1. The first-order chi connectivity index (χ1) is 21.3. The molecule has 44 heavy (non-hydrogen) atoms. The summed E-state index contributed by atoms with van der Waals surface area (Å²) in [6, 6.07) is 6.29. The van der Waals surface area contributed by atoms with E-state index in [9.17, 15) is 4.39 Å². The predicted molar refractivity (Wildman–Crippen MR) is 176 cm³/mol. The first kappa shape index (κ1) is 34.4. The molecule has 0 saturated heterocycles. The van der Waals surface area contributed by atoms with Crippen molar-refractivity contribution in [1.82, 2.24) is 9.61 Å². The summed E-state index contributed by atoms with van der Waals surface area (Å²) in [7, 11) is 1.65. The van der Waals surface area contributed by atoms with Crippen LogP contribution in [0.2, 0.25) is 5.02 Å². The molecule has 1 aliphatic carbocycles. The Hall–Kier alpha value is -4.06. The molecule has 2 aromatic heterocycles. The first-order valence-electron chi connectivity index (χ1n) is 14.5. The second kappa shape index (κ2) is 17.9. The van der Waals surface area contributed by atoms with Gasteiger partial charge in [0.2, 0.25) is 6.41 Å². The summed E-state index contributed by atoms with van der Waals surface area (Å²) in [5, 5.41) is 16.8. The van der Waals surface area contributed by atoms with Crippen LogP contribution in [-0.2, 0) is 14.3 Å². The smallest absolute Gasteiger partial charge is 0.204 e. The van der Waals surface area contributed by atoms with Crippen molar-refractivity contribution >= 4 is 52.5 Å². The SMILES string of the molecule is COCCOCC/C=C/C(C)=C(\C=N)c1cc2c(NC3CCCCC3)c(C(N)=Nc3cc(F)ccc3Cl)cnn2c1.NC=O. The summed E-state index contributed by atoms with van der Waals surface area (Å²) in [6.45, 7) is 3.74. The van der Waals surface area contributed by atoms with E-state index in [-0.39, 0.29) is 24.0 Å². The highest BCUT2D eigenvalue weighted by molar-refractivity contribution is 6.33. The molecule has 1 saturated carbocycles. The molecule has 236 valence electrons. The number of fused-ring (bicyclic) bond motifs is 1. The number of anilines is 1. The van der Waals surface area contributed by atoms with Gasteiger partial charge < -0.3 is 31.7 Å². The summed E-state index contributed by atoms with van der Waals surface area (Å²) < 4.78 is 26.2. The molecule has 0 radical (unpaired) electrons. The molecule has 0 spiro atoms. The molecule has 1 aromatic carbocycles. The van der Waals surface area contributed by atoms with Crippen molar-refractivity contribution < 1.29 is 18.7 Å². The molecule has 1 amide bonds. The van der Waals surface area contributed by atoms with Crippen molar-refractivity contribution in [2.24, 2.45) is 16.5 Å². The molecule has 0 unspecified atom stereocenters. The number of aromatic nitrogens is 2. The molecule has 3 aromatic rings. The Kier molecular flexibility index (Phi) is 14.0. The Bertz CT molecular complexity index is 1500. The highest BCUT2D eigenvalue weighted by Gasteiger charge is 2.20. The Morgan fingerprint density at radius 3 is 2.70 bits per heavy atom. The number of rotatable bonds is 13. The number of aliphatic imine (C=N–C) groups is 1. The largest absolute Gasteiger partial charge is 0.383 e. The Morgan fingerprint density at radius 2 is 2.00 bits per heavy atom. The van der Waals surface area contributed by atoms with Crippen LogP contribution in [0.25, 0.3) is 11.1 Å². The van der Waals surface area contributed by atoms with Crippen LogP contribution in [-0.4, -0.2) is 61.0 Å². The van der Waals surface area contributed by atoms with Crippen LogP contribution >= 0.6 is 11.6 Å². The summed E-state index contributed by atoms with van der Waals surface area (Å²) >= 11 is 6.27. The van der Waals surface area contributed by atoms with E-state index in [4.69, 9.17) is 37.0 Å². The molecular weight excluding hydrogens is 585 g/mol. The molecule has 12 heteroatoms. The van der Waals surface area contributed by atoms with Crippen LogP contribution in [0.1, 0.15) is 56.6 Å². The molecule has 10 nitrogen and oxygen atoms in total. The van der Waals surface area contributed by atoms with E-state index in [1.165, 1.54) is 30.8 Å². The number of benzene rings is 1. The van der Waals surface area contributed by atoms with Crippen LogP contribution in [0.15, 0.2) is 59.4 Å². The second-order valence-electron chi connectivity index (χ2n) is 10.2. The number of nitrogens with one attached hydrogen (secondary N) is 2. The van der Waals surface area contributed by atoms with Gasteiger partial charge in [0.25, 0.3) is 0 Å². The van der Waals surface area contributed by atoms with Crippen molar-refractivity contribution in [3.63, 3.8) is 0 Å². The maximum atomic E-state index is 13.9. The number of nitrogens with two attached hydrogens (primary N) is 2. The quantitative estimate of drug-likeness (QED) is 0.0597. The molecule has 1 fully saturated rings. The van der Waals surface area contributed by atoms with E-state index in [2.05, 4.69) is 21.1 Å². The zero-order valence-corrected chi connectivity index (χ0v) is 25.9.